The quantitative estimate of drug-likeness (QED) is 0.444. The summed E-state index contributed by atoms with van der Waals surface area (Å²) in [5, 5.41) is 9.12. The second-order valence-electron chi connectivity index (χ2n) is 5.98. The van der Waals surface area contributed by atoms with Crippen LogP contribution in [0.2, 0.25) is 0 Å². The van der Waals surface area contributed by atoms with Crippen LogP contribution in [0.15, 0.2) is 12.7 Å². The van der Waals surface area contributed by atoms with Crippen LogP contribution in [-0.4, -0.2) is 78.7 Å². The van der Waals surface area contributed by atoms with Crippen molar-refractivity contribution in [2.24, 2.45) is 0 Å². The van der Waals surface area contributed by atoms with Crippen LogP contribution in [0.25, 0.3) is 0 Å². The van der Waals surface area contributed by atoms with Crippen molar-refractivity contribution in [1.82, 2.24) is 9.21 Å². The Morgan fingerprint density at radius 2 is 2.00 bits per heavy atom. The summed E-state index contributed by atoms with van der Waals surface area (Å²) in [6, 6.07) is -0.308. The van der Waals surface area contributed by atoms with Gasteiger partial charge < -0.3 is 14.7 Å². The summed E-state index contributed by atoms with van der Waals surface area (Å²) >= 11 is 0. The summed E-state index contributed by atoms with van der Waals surface area (Å²) in [4.78, 5) is 25.0. The lowest BCUT2D eigenvalue weighted by Crippen LogP contribution is -2.52. The predicted molar refractivity (Wildman–Crippen MR) is 93.6 cm³/mol. The maximum absolute atomic E-state index is 12.6. The number of carbonyl (C=O) groups is 2. The van der Waals surface area contributed by atoms with Crippen LogP contribution in [0.1, 0.15) is 33.1 Å². The summed E-state index contributed by atoms with van der Waals surface area (Å²) in [6.45, 7) is 7.25. The van der Waals surface area contributed by atoms with E-state index in [1.165, 1.54) is 9.21 Å². The molecule has 1 N–H and O–H groups in total. The Hall–Kier alpha value is -1.45. The van der Waals surface area contributed by atoms with Crippen LogP contribution < -0.4 is 0 Å². The SMILES string of the molecule is C=CCCOC(C)C(=O)N(CC(=O)O)C1CCN(S(=O)(=O)CC)CC1. The zero-order valence-corrected chi connectivity index (χ0v) is 15.7. The molecule has 1 atom stereocenters. The van der Waals surface area contributed by atoms with Crippen LogP contribution in [0.3, 0.4) is 0 Å². The smallest absolute Gasteiger partial charge is 0.323 e. The molecule has 1 aliphatic rings. The monoisotopic (exact) mass is 376 g/mol. The van der Waals surface area contributed by atoms with Crippen molar-refractivity contribution in [3.8, 4) is 0 Å². The highest BCUT2D eigenvalue weighted by Gasteiger charge is 2.34. The van der Waals surface area contributed by atoms with Crippen molar-refractivity contribution >= 4 is 21.9 Å². The van der Waals surface area contributed by atoms with Gasteiger partial charge in [-0.1, -0.05) is 6.08 Å². The van der Waals surface area contributed by atoms with Gasteiger partial charge in [0.2, 0.25) is 10.0 Å². The summed E-state index contributed by atoms with van der Waals surface area (Å²) in [5.41, 5.74) is 0. The number of ether oxygens (including phenoxy) is 1. The minimum Gasteiger partial charge on any atom is -0.480 e. The van der Waals surface area contributed by atoms with Gasteiger partial charge in [-0.3, -0.25) is 9.59 Å². The number of rotatable bonds is 10. The highest BCUT2D eigenvalue weighted by Crippen LogP contribution is 2.20. The molecule has 8 nitrogen and oxygen atoms in total. The van der Waals surface area contributed by atoms with E-state index in [2.05, 4.69) is 6.58 Å². The van der Waals surface area contributed by atoms with Crippen LogP contribution in [-0.2, 0) is 24.3 Å². The summed E-state index contributed by atoms with van der Waals surface area (Å²) < 4.78 is 30.7. The van der Waals surface area contributed by atoms with E-state index in [1.54, 1.807) is 19.9 Å². The molecule has 0 spiro atoms. The van der Waals surface area contributed by atoms with E-state index in [-0.39, 0.29) is 30.8 Å². The summed E-state index contributed by atoms with van der Waals surface area (Å²) in [5.74, 6) is -1.46. The van der Waals surface area contributed by atoms with E-state index in [4.69, 9.17) is 9.84 Å². The van der Waals surface area contributed by atoms with Crippen LogP contribution in [0, 0.1) is 0 Å². The molecule has 1 amide bonds. The third-order valence-electron chi connectivity index (χ3n) is 4.25. The van der Waals surface area contributed by atoms with Crippen LogP contribution in [0.5, 0.6) is 0 Å². The standard InChI is InChI=1S/C16H28N2O6S/c1-4-6-11-24-13(3)16(21)18(12-15(19)20)14-7-9-17(10-8-14)25(22,23)5-2/h4,13-14H,1,5-12H2,2-3H3,(H,19,20). The number of nitrogens with zero attached hydrogens (tertiary/aromatic N) is 2. The number of aliphatic carboxylic acids is 1. The molecule has 0 aliphatic carbocycles. The molecule has 1 rings (SSSR count). The second-order valence-corrected chi connectivity index (χ2v) is 8.24. The fraction of sp³-hybridized carbons (Fsp3) is 0.750. The molecular weight excluding hydrogens is 348 g/mol. The zero-order valence-electron chi connectivity index (χ0n) is 14.9. The van der Waals surface area contributed by atoms with Crippen molar-refractivity contribution in [3.63, 3.8) is 0 Å². The molecule has 0 aromatic heterocycles. The first kappa shape index (κ1) is 21.6. The van der Waals surface area contributed by atoms with Gasteiger partial charge in [0.1, 0.15) is 12.6 Å². The molecule has 0 aromatic rings. The molecule has 1 fully saturated rings. The molecule has 1 unspecified atom stereocenters. The van der Waals surface area contributed by atoms with Gasteiger partial charge >= 0.3 is 5.97 Å². The minimum absolute atomic E-state index is 0.0314. The molecule has 1 aliphatic heterocycles. The lowest BCUT2D eigenvalue weighted by molar-refractivity contribution is -0.153. The highest BCUT2D eigenvalue weighted by atomic mass is 32.2. The highest BCUT2D eigenvalue weighted by molar-refractivity contribution is 7.89. The molecule has 144 valence electrons. The van der Waals surface area contributed by atoms with E-state index in [0.29, 0.717) is 25.9 Å². The van der Waals surface area contributed by atoms with Gasteiger partial charge in [-0.25, -0.2) is 12.7 Å². The van der Waals surface area contributed by atoms with E-state index in [1.807, 2.05) is 0 Å². The molecular formula is C16H28N2O6S. The van der Waals surface area contributed by atoms with Gasteiger partial charge in [-0.2, -0.15) is 0 Å². The predicted octanol–water partition coefficient (Wildman–Crippen LogP) is 0.695. The molecule has 25 heavy (non-hydrogen) atoms. The maximum atomic E-state index is 12.6. The normalized spacial score (nSPS) is 17.8. The van der Waals surface area contributed by atoms with Crippen molar-refractivity contribution in [2.75, 3.05) is 32.0 Å². The largest absolute Gasteiger partial charge is 0.480 e. The van der Waals surface area contributed by atoms with Gasteiger partial charge in [0, 0.05) is 19.1 Å². The molecule has 9 heteroatoms. The fourth-order valence-corrected chi connectivity index (χ4v) is 3.91. The number of amides is 1. The average molecular weight is 376 g/mol. The maximum Gasteiger partial charge on any atom is 0.323 e. The Kier molecular flexibility index (Phi) is 8.54. The minimum atomic E-state index is -3.27. The molecule has 1 heterocycles. The second kappa shape index (κ2) is 9.88. The number of carboxylic acids is 1. The van der Waals surface area contributed by atoms with Gasteiger partial charge in [-0.05, 0) is 33.1 Å². The Balaban J connectivity index is 2.75. The van der Waals surface area contributed by atoms with Gasteiger partial charge in [0.15, 0.2) is 0 Å². The number of hydrogen-bond donors (Lipinski definition) is 1. The van der Waals surface area contributed by atoms with Gasteiger partial charge in [0.25, 0.3) is 5.91 Å². The van der Waals surface area contributed by atoms with Gasteiger partial charge in [0.05, 0.1) is 12.4 Å². The lowest BCUT2D eigenvalue weighted by atomic mass is 10.0. The first-order chi connectivity index (χ1) is 11.7. The third kappa shape index (κ3) is 6.41. The van der Waals surface area contributed by atoms with Crippen molar-refractivity contribution < 1.29 is 27.9 Å². The van der Waals surface area contributed by atoms with Gasteiger partial charge in [-0.15, -0.1) is 6.58 Å². The van der Waals surface area contributed by atoms with Crippen molar-refractivity contribution in [2.45, 2.75) is 45.3 Å². The topological polar surface area (TPSA) is 104 Å². The molecule has 0 radical (unpaired) electrons. The summed E-state index contributed by atoms with van der Waals surface area (Å²) in [7, 11) is -3.27. The van der Waals surface area contributed by atoms with E-state index in [9.17, 15) is 18.0 Å². The number of carbonyl (C=O) groups excluding carboxylic acids is 1. The summed E-state index contributed by atoms with van der Waals surface area (Å²) in [6.07, 6.45) is 2.35. The zero-order chi connectivity index (χ0) is 19.0. The number of piperidine rings is 1. The van der Waals surface area contributed by atoms with Crippen molar-refractivity contribution in [3.05, 3.63) is 12.7 Å². The Labute approximate surface area is 149 Å². The first-order valence-corrected chi connectivity index (χ1v) is 10.1. The Morgan fingerprint density at radius 1 is 1.40 bits per heavy atom. The van der Waals surface area contributed by atoms with Crippen LogP contribution in [0.4, 0.5) is 0 Å². The van der Waals surface area contributed by atoms with E-state index in [0.717, 1.165) is 0 Å². The number of carboxylic acid groups (broad SMARTS) is 1. The number of sulfonamides is 1. The Bertz CT molecular complexity index is 569. The lowest BCUT2D eigenvalue weighted by Gasteiger charge is -2.38. The molecule has 0 saturated carbocycles. The fourth-order valence-electron chi connectivity index (χ4n) is 2.78. The molecule has 0 bridgehead atoms. The molecule has 1 saturated heterocycles. The van der Waals surface area contributed by atoms with E-state index < -0.39 is 28.6 Å². The molecule has 0 aromatic carbocycles. The van der Waals surface area contributed by atoms with Crippen LogP contribution >= 0.6 is 0 Å². The van der Waals surface area contributed by atoms with E-state index >= 15 is 0 Å². The number of hydrogen-bond acceptors (Lipinski definition) is 5. The Morgan fingerprint density at radius 3 is 2.48 bits per heavy atom. The third-order valence-corrected chi connectivity index (χ3v) is 6.13. The van der Waals surface area contributed by atoms with Crippen molar-refractivity contribution in [1.29, 1.82) is 0 Å². The first-order valence-electron chi connectivity index (χ1n) is 8.45. The average Bonchev–Trinajstić information content (AvgIpc) is 2.59.